The van der Waals surface area contributed by atoms with Crippen molar-refractivity contribution in [2.45, 2.75) is 0 Å². The first-order chi connectivity index (χ1) is 9.84. The molecule has 0 unspecified atom stereocenters. The molecule has 4 nitrogen and oxygen atoms in total. The number of nitrogens with zero attached hydrogens (tertiary/aromatic N) is 1. The highest BCUT2D eigenvalue weighted by Gasteiger charge is 2.39. The summed E-state index contributed by atoms with van der Waals surface area (Å²) in [5, 5.41) is 13.6. The zero-order valence-corrected chi connectivity index (χ0v) is 12.9. The fraction of sp³-hybridized carbons (Fsp3) is 0.0714. The van der Waals surface area contributed by atoms with Gasteiger partial charge in [-0.1, -0.05) is 40.3 Å². The van der Waals surface area contributed by atoms with Crippen molar-refractivity contribution in [3.05, 3.63) is 60.7 Å². The monoisotopic (exact) mass is 325 g/mol. The summed E-state index contributed by atoms with van der Waals surface area (Å²) in [5.74, 6) is 0. The van der Waals surface area contributed by atoms with Crippen molar-refractivity contribution in [2.75, 3.05) is 6.66 Å². The lowest BCUT2D eigenvalue weighted by Gasteiger charge is -2.26. The van der Waals surface area contributed by atoms with Gasteiger partial charge in [-0.05, 0) is 24.3 Å². The Labute approximate surface area is 123 Å². The van der Waals surface area contributed by atoms with Crippen molar-refractivity contribution in [1.82, 2.24) is 0 Å². The minimum atomic E-state index is -5.22. The molecule has 7 heteroatoms. The summed E-state index contributed by atoms with van der Waals surface area (Å²) in [6, 6.07) is 17.4. The molecule has 2 aromatic carbocycles. The molecule has 21 heavy (non-hydrogen) atoms. The number of benzene rings is 2. The molecule has 0 radical (unpaired) electrons. The lowest BCUT2D eigenvalue weighted by molar-refractivity contribution is -0.206. The number of rotatable bonds is 4. The van der Waals surface area contributed by atoms with Gasteiger partial charge < -0.3 is 5.11 Å². The quantitative estimate of drug-likeness (QED) is 0.367. The maximum atomic E-state index is 12.8. The van der Waals surface area contributed by atoms with E-state index in [2.05, 4.69) is 4.40 Å². The number of hydrogen-bond donors (Lipinski definition) is 0. The molecule has 0 aliphatic heterocycles. The predicted molar refractivity (Wildman–Crippen MR) is 82.5 cm³/mol. The van der Waals surface area contributed by atoms with Crippen LogP contribution in [0.4, 0.5) is 3.89 Å². The largest absolute Gasteiger partial charge is 0.830 e. The normalized spacial score (nSPS) is 13.1. The third-order valence-electron chi connectivity index (χ3n) is 3.11. The minimum Gasteiger partial charge on any atom is -0.830 e. The molecule has 0 heterocycles. The molecule has 0 bridgehead atoms. The molecule has 0 spiro atoms. The van der Waals surface area contributed by atoms with Gasteiger partial charge in [-0.2, -0.15) is 8.42 Å². The summed E-state index contributed by atoms with van der Waals surface area (Å²) in [7, 11) is -8.01. The first-order valence-corrected chi connectivity index (χ1v) is 9.61. The van der Waals surface area contributed by atoms with E-state index in [1.54, 1.807) is 67.3 Å². The highest BCUT2D eigenvalue weighted by atomic mass is 32.3. The summed E-state index contributed by atoms with van der Waals surface area (Å²) in [4.78, 5) is 0. The zero-order valence-electron chi connectivity index (χ0n) is 11.2. The van der Waals surface area contributed by atoms with Crippen LogP contribution >= 0.6 is 7.26 Å². The topological polar surface area (TPSA) is 69.6 Å². The molecule has 0 amide bonds. The molecule has 2 aromatic rings. The Morgan fingerprint density at radius 1 is 1.00 bits per heavy atom. The van der Waals surface area contributed by atoms with Crippen molar-refractivity contribution >= 4 is 33.9 Å². The molecular weight excluding hydrogens is 312 g/mol. The first kappa shape index (κ1) is 15.6. The van der Waals surface area contributed by atoms with Crippen LogP contribution in [0, 0.1) is 0 Å². The number of hydrogen-bond acceptors (Lipinski definition) is 3. The molecule has 110 valence electrons. The predicted octanol–water partition coefficient (Wildman–Crippen LogP) is 1.22. The van der Waals surface area contributed by atoms with Crippen molar-refractivity contribution in [3.63, 3.8) is 0 Å². The maximum absolute atomic E-state index is 12.8. The number of halogens is 1. The maximum Gasteiger partial charge on any atom is 0.420 e. The SMILES string of the molecule is C[P+](/C([O-])=N\S(=O)(=O)F)(c1ccccc1)c1ccccc1. The minimum absolute atomic E-state index is 0.647. The van der Waals surface area contributed by atoms with Gasteiger partial charge in [0.1, 0.15) is 23.5 Å². The zero-order chi connectivity index (χ0) is 15.5. The van der Waals surface area contributed by atoms with E-state index in [0.717, 1.165) is 0 Å². The van der Waals surface area contributed by atoms with Gasteiger partial charge in [-0.15, -0.1) is 4.40 Å². The smallest absolute Gasteiger partial charge is 0.420 e. The van der Waals surface area contributed by atoms with Gasteiger partial charge in [0.2, 0.25) is 0 Å². The molecule has 0 fully saturated rings. The highest BCUT2D eigenvalue weighted by Crippen LogP contribution is 2.52. The van der Waals surface area contributed by atoms with Gasteiger partial charge in [0, 0.05) is 0 Å². The molecule has 0 aromatic heterocycles. The van der Waals surface area contributed by atoms with Crippen molar-refractivity contribution in [2.24, 2.45) is 4.40 Å². The van der Waals surface area contributed by atoms with E-state index in [4.69, 9.17) is 0 Å². The summed E-state index contributed by atoms with van der Waals surface area (Å²) in [6.07, 6.45) is 0. The lowest BCUT2D eigenvalue weighted by Crippen LogP contribution is -2.35. The highest BCUT2D eigenvalue weighted by molar-refractivity contribution is 8.02. The fourth-order valence-corrected chi connectivity index (χ4v) is 5.41. The molecule has 0 saturated heterocycles. The van der Waals surface area contributed by atoms with E-state index in [9.17, 15) is 17.4 Å². The van der Waals surface area contributed by atoms with E-state index >= 15 is 0 Å². The van der Waals surface area contributed by atoms with E-state index in [1.165, 1.54) is 0 Å². The standard InChI is InChI=1S/C14H13FNO3PS/c1-20(12-8-4-2-5-9-12,13-10-6-3-7-11-13)14(17)16-21(15,18)19/h2-11H,1H3. The Bertz CT molecular complexity index is 709. The van der Waals surface area contributed by atoms with E-state index in [-0.39, 0.29) is 0 Å². The first-order valence-electron chi connectivity index (χ1n) is 6.04. The Hall–Kier alpha value is -1.78. The summed E-state index contributed by atoms with van der Waals surface area (Å²) in [6.45, 7) is 1.63. The second-order valence-electron chi connectivity index (χ2n) is 4.46. The van der Waals surface area contributed by atoms with Crippen molar-refractivity contribution < 1.29 is 17.4 Å². The molecule has 0 saturated carbocycles. The summed E-state index contributed by atoms with van der Waals surface area (Å²) >= 11 is 0. The van der Waals surface area contributed by atoms with Gasteiger partial charge in [-0.3, -0.25) is 0 Å². The third kappa shape index (κ3) is 3.46. The second-order valence-corrected chi connectivity index (χ2v) is 8.90. The molecule has 0 N–H and O–H groups in total. The van der Waals surface area contributed by atoms with Gasteiger partial charge in [0.15, 0.2) is 0 Å². The van der Waals surface area contributed by atoms with Gasteiger partial charge in [0.05, 0.1) is 6.66 Å². The summed E-state index contributed by atoms with van der Waals surface area (Å²) < 4.78 is 37.0. The lowest BCUT2D eigenvalue weighted by atomic mass is 10.4. The van der Waals surface area contributed by atoms with E-state index in [0.29, 0.717) is 10.6 Å². The van der Waals surface area contributed by atoms with Gasteiger partial charge >= 0.3 is 10.4 Å². The Morgan fingerprint density at radius 3 is 1.71 bits per heavy atom. The van der Waals surface area contributed by atoms with E-state index in [1.807, 2.05) is 0 Å². The Kier molecular flexibility index (Phi) is 4.40. The van der Waals surface area contributed by atoms with Crippen molar-refractivity contribution in [3.8, 4) is 0 Å². The van der Waals surface area contributed by atoms with Gasteiger partial charge in [0.25, 0.3) is 0 Å². The summed E-state index contributed by atoms with van der Waals surface area (Å²) in [5.41, 5.74) is -0.956. The van der Waals surface area contributed by atoms with Crippen molar-refractivity contribution in [1.29, 1.82) is 0 Å². The fourth-order valence-electron chi connectivity index (χ4n) is 2.00. The molecule has 0 aliphatic carbocycles. The van der Waals surface area contributed by atoms with Crippen LogP contribution in [0.3, 0.4) is 0 Å². The second kappa shape index (κ2) is 5.92. The van der Waals surface area contributed by atoms with Gasteiger partial charge in [-0.25, -0.2) is 0 Å². The Balaban J connectivity index is 2.69. The van der Waals surface area contributed by atoms with Crippen LogP contribution in [0.15, 0.2) is 65.1 Å². The van der Waals surface area contributed by atoms with Crippen LogP contribution in [0.2, 0.25) is 0 Å². The average molecular weight is 325 g/mol. The van der Waals surface area contributed by atoms with E-state index < -0.39 is 23.3 Å². The van der Waals surface area contributed by atoms with Crippen LogP contribution in [0.25, 0.3) is 0 Å². The molecular formula is C14H13FNO3PS. The van der Waals surface area contributed by atoms with Crippen LogP contribution in [-0.4, -0.2) is 20.7 Å². The van der Waals surface area contributed by atoms with Crippen LogP contribution in [0.5, 0.6) is 0 Å². The Morgan fingerprint density at radius 2 is 1.38 bits per heavy atom. The molecule has 0 aliphatic rings. The van der Waals surface area contributed by atoms with Crippen LogP contribution < -0.4 is 15.7 Å². The van der Waals surface area contributed by atoms with Crippen LogP contribution in [0.1, 0.15) is 0 Å². The molecule has 2 rings (SSSR count). The molecule has 0 atom stereocenters. The average Bonchev–Trinajstić information content (AvgIpc) is 2.46. The third-order valence-corrected chi connectivity index (χ3v) is 7.16. The van der Waals surface area contributed by atoms with Crippen LogP contribution in [-0.2, 0) is 10.4 Å².